The van der Waals surface area contributed by atoms with Crippen LogP contribution in [0.2, 0.25) is 0 Å². The highest BCUT2D eigenvalue weighted by molar-refractivity contribution is 5.74. The van der Waals surface area contributed by atoms with E-state index in [1.165, 1.54) is 0 Å². The zero-order chi connectivity index (χ0) is 16.3. The highest BCUT2D eigenvalue weighted by Crippen LogP contribution is 2.14. The van der Waals surface area contributed by atoms with Gasteiger partial charge < -0.3 is 19.9 Å². The zero-order valence-corrected chi connectivity index (χ0v) is 13.7. The van der Waals surface area contributed by atoms with Crippen molar-refractivity contribution >= 4 is 6.03 Å². The van der Waals surface area contributed by atoms with Crippen LogP contribution in [-0.4, -0.2) is 41.2 Å². The lowest BCUT2D eigenvalue weighted by Gasteiger charge is -2.38. The lowest BCUT2D eigenvalue weighted by molar-refractivity contribution is -0.0378. The van der Waals surface area contributed by atoms with Crippen molar-refractivity contribution in [3.63, 3.8) is 0 Å². The summed E-state index contributed by atoms with van der Waals surface area (Å²) in [4.78, 5) is 29.0. The van der Waals surface area contributed by atoms with Gasteiger partial charge >= 0.3 is 6.03 Å². The van der Waals surface area contributed by atoms with Gasteiger partial charge in [0.1, 0.15) is 0 Å². The summed E-state index contributed by atoms with van der Waals surface area (Å²) >= 11 is 0. The first kappa shape index (κ1) is 16.5. The van der Waals surface area contributed by atoms with Crippen LogP contribution in [0.15, 0.2) is 10.9 Å². The predicted molar refractivity (Wildman–Crippen MR) is 85.0 cm³/mol. The molecule has 0 aliphatic carbocycles. The molecule has 2 rings (SSSR count). The van der Waals surface area contributed by atoms with Crippen molar-refractivity contribution in [2.24, 2.45) is 0 Å². The molecular weight excluding hydrogens is 282 g/mol. The molecule has 22 heavy (non-hydrogen) atoms. The maximum Gasteiger partial charge on any atom is 0.318 e. The summed E-state index contributed by atoms with van der Waals surface area (Å²) in [7, 11) is 0. The quantitative estimate of drug-likeness (QED) is 0.892. The molecule has 1 aliphatic rings. The minimum atomic E-state index is -0.139. The summed E-state index contributed by atoms with van der Waals surface area (Å²) in [5.74, 6) is 0. The molecule has 2 atom stereocenters. The number of hydrogen-bond acceptors (Lipinski definition) is 3. The highest BCUT2D eigenvalue weighted by Gasteiger charge is 2.29. The molecule has 2 heterocycles. The number of carbonyl (C=O) groups excluding carboxylic acids is 1. The van der Waals surface area contributed by atoms with Crippen molar-refractivity contribution in [2.75, 3.05) is 13.2 Å². The molecule has 0 saturated carbocycles. The summed E-state index contributed by atoms with van der Waals surface area (Å²) < 4.78 is 5.60. The number of H-pyrrole nitrogens is 1. The van der Waals surface area contributed by atoms with Crippen LogP contribution < -0.4 is 10.9 Å². The van der Waals surface area contributed by atoms with Gasteiger partial charge in [-0.05, 0) is 38.8 Å². The van der Waals surface area contributed by atoms with Gasteiger partial charge in [-0.3, -0.25) is 4.79 Å². The van der Waals surface area contributed by atoms with Crippen molar-refractivity contribution in [3.8, 4) is 0 Å². The largest absolute Gasteiger partial charge is 0.375 e. The molecule has 1 fully saturated rings. The van der Waals surface area contributed by atoms with Gasteiger partial charge in [-0.2, -0.15) is 0 Å². The Balaban J connectivity index is 2.04. The first-order valence-electron chi connectivity index (χ1n) is 7.77. The summed E-state index contributed by atoms with van der Waals surface area (Å²) in [5.41, 5.74) is 2.18. The van der Waals surface area contributed by atoms with E-state index < -0.39 is 0 Å². The zero-order valence-electron chi connectivity index (χ0n) is 13.7. The number of rotatable bonds is 3. The number of nitrogens with one attached hydrogen (secondary N) is 2. The molecular formula is C16H25N3O3. The van der Waals surface area contributed by atoms with Crippen LogP contribution in [0.5, 0.6) is 0 Å². The van der Waals surface area contributed by atoms with Crippen LogP contribution >= 0.6 is 0 Å². The molecule has 1 aliphatic heterocycles. The SMILES string of the molecule is CC[C@H]1CO[C@H](C)CN1C(=O)NCc1c(C)cc(C)[nH]c1=O. The number of amides is 2. The highest BCUT2D eigenvalue weighted by atomic mass is 16.5. The van der Waals surface area contributed by atoms with Crippen LogP contribution in [-0.2, 0) is 11.3 Å². The number of nitrogens with zero attached hydrogens (tertiary/aromatic N) is 1. The summed E-state index contributed by atoms with van der Waals surface area (Å²) in [6.45, 7) is 9.11. The fraction of sp³-hybridized carbons (Fsp3) is 0.625. The molecule has 0 bridgehead atoms. The Kier molecular flexibility index (Phi) is 5.24. The van der Waals surface area contributed by atoms with E-state index in [-0.39, 0.29) is 30.3 Å². The van der Waals surface area contributed by atoms with Gasteiger partial charge in [-0.25, -0.2) is 4.79 Å². The fourth-order valence-electron chi connectivity index (χ4n) is 2.80. The van der Waals surface area contributed by atoms with E-state index >= 15 is 0 Å². The summed E-state index contributed by atoms with van der Waals surface area (Å²) in [6, 6.07) is 1.86. The Morgan fingerprint density at radius 2 is 2.23 bits per heavy atom. The Hall–Kier alpha value is -1.82. The van der Waals surface area contributed by atoms with Gasteiger partial charge in [0.25, 0.3) is 5.56 Å². The van der Waals surface area contributed by atoms with E-state index in [0.717, 1.165) is 17.7 Å². The molecule has 0 radical (unpaired) electrons. The first-order valence-corrected chi connectivity index (χ1v) is 7.77. The van der Waals surface area contributed by atoms with Crippen LogP contribution in [0.25, 0.3) is 0 Å². The lowest BCUT2D eigenvalue weighted by Crippen LogP contribution is -2.54. The van der Waals surface area contributed by atoms with Crippen LogP contribution in [0.1, 0.15) is 37.1 Å². The van der Waals surface area contributed by atoms with Gasteiger partial charge in [0, 0.05) is 17.8 Å². The standard InChI is InChI=1S/C16H25N3O3/c1-5-13-9-22-12(4)8-19(13)16(21)17-7-14-10(2)6-11(3)18-15(14)20/h6,12-13H,5,7-9H2,1-4H3,(H,17,21)(H,18,20)/t12-,13+/m1/s1. The van der Waals surface area contributed by atoms with Gasteiger partial charge in [-0.1, -0.05) is 6.92 Å². The molecule has 122 valence electrons. The Morgan fingerprint density at radius 1 is 1.50 bits per heavy atom. The number of morpholine rings is 1. The second-order valence-corrected chi connectivity index (χ2v) is 5.96. The number of hydrogen-bond donors (Lipinski definition) is 2. The van der Waals surface area contributed by atoms with Gasteiger partial charge in [-0.15, -0.1) is 0 Å². The van der Waals surface area contributed by atoms with Crippen LogP contribution in [0.3, 0.4) is 0 Å². The van der Waals surface area contributed by atoms with Crippen molar-refractivity contribution in [3.05, 3.63) is 33.2 Å². The van der Waals surface area contributed by atoms with Crippen molar-refractivity contribution in [1.29, 1.82) is 0 Å². The second kappa shape index (κ2) is 6.96. The predicted octanol–water partition coefficient (Wildman–Crippen LogP) is 1.70. The third kappa shape index (κ3) is 3.68. The maximum atomic E-state index is 12.4. The van der Waals surface area contributed by atoms with Gasteiger partial charge in [0.2, 0.25) is 0 Å². The third-order valence-corrected chi connectivity index (χ3v) is 4.11. The lowest BCUT2D eigenvalue weighted by atomic mass is 10.1. The molecule has 1 saturated heterocycles. The minimum Gasteiger partial charge on any atom is -0.375 e. The van der Waals surface area contributed by atoms with Crippen LogP contribution in [0.4, 0.5) is 4.79 Å². The monoisotopic (exact) mass is 307 g/mol. The normalized spacial score (nSPS) is 21.7. The van der Waals surface area contributed by atoms with E-state index in [9.17, 15) is 9.59 Å². The number of aryl methyl sites for hydroxylation is 2. The minimum absolute atomic E-state index is 0.0399. The maximum absolute atomic E-state index is 12.4. The summed E-state index contributed by atoms with van der Waals surface area (Å²) in [6.07, 6.45) is 0.891. The first-order chi connectivity index (χ1) is 10.4. The number of aromatic nitrogens is 1. The molecule has 2 amide bonds. The molecule has 0 spiro atoms. The van der Waals surface area contributed by atoms with Gasteiger partial charge in [0.05, 0.1) is 25.3 Å². The number of pyridine rings is 1. The van der Waals surface area contributed by atoms with Crippen molar-refractivity contribution in [1.82, 2.24) is 15.2 Å². The van der Waals surface area contributed by atoms with E-state index in [1.807, 2.05) is 38.7 Å². The smallest absolute Gasteiger partial charge is 0.318 e. The number of ether oxygens (including phenoxy) is 1. The molecule has 0 aromatic carbocycles. The van der Waals surface area contributed by atoms with E-state index in [0.29, 0.717) is 18.7 Å². The molecule has 0 unspecified atom stereocenters. The number of urea groups is 1. The Labute approximate surface area is 130 Å². The molecule has 6 heteroatoms. The average Bonchev–Trinajstić information content (AvgIpc) is 2.45. The van der Waals surface area contributed by atoms with E-state index in [4.69, 9.17) is 4.74 Å². The second-order valence-electron chi connectivity index (χ2n) is 5.96. The van der Waals surface area contributed by atoms with E-state index in [1.54, 1.807) is 0 Å². The molecule has 2 N–H and O–H groups in total. The summed E-state index contributed by atoms with van der Waals surface area (Å²) in [5, 5.41) is 2.87. The average molecular weight is 307 g/mol. The third-order valence-electron chi connectivity index (χ3n) is 4.11. The molecule has 1 aromatic rings. The number of aromatic amines is 1. The molecule has 1 aromatic heterocycles. The van der Waals surface area contributed by atoms with Crippen LogP contribution in [0, 0.1) is 13.8 Å². The molecule has 6 nitrogen and oxygen atoms in total. The van der Waals surface area contributed by atoms with Crippen molar-refractivity contribution in [2.45, 2.75) is 52.8 Å². The Bertz CT molecular complexity index is 597. The van der Waals surface area contributed by atoms with Gasteiger partial charge in [0.15, 0.2) is 0 Å². The topological polar surface area (TPSA) is 74.4 Å². The number of carbonyl (C=O) groups is 1. The van der Waals surface area contributed by atoms with Crippen molar-refractivity contribution < 1.29 is 9.53 Å². The fourth-order valence-corrected chi connectivity index (χ4v) is 2.80. The Morgan fingerprint density at radius 3 is 2.86 bits per heavy atom. The van der Waals surface area contributed by atoms with E-state index in [2.05, 4.69) is 10.3 Å².